The summed E-state index contributed by atoms with van der Waals surface area (Å²) in [4.78, 5) is 27.4. The van der Waals surface area contributed by atoms with E-state index in [1.165, 1.54) is 0 Å². The van der Waals surface area contributed by atoms with Crippen molar-refractivity contribution in [3.63, 3.8) is 0 Å². The van der Waals surface area contributed by atoms with Crippen LogP contribution in [0.2, 0.25) is 0 Å². The van der Waals surface area contributed by atoms with E-state index in [1.807, 2.05) is 32.0 Å². The molecule has 2 amide bonds. The summed E-state index contributed by atoms with van der Waals surface area (Å²) in [6.45, 7) is 5.70. The number of likely N-dealkylation sites (N-methyl/N-ethyl adjacent to an activating group) is 1. The maximum atomic E-state index is 12.3. The van der Waals surface area contributed by atoms with Gasteiger partial charge in [-0.15, -0.1) is 0 Å². The molecule has 132 valence electrons. The quantitative estimate of drug-likeness (QED) is 0.763. The van der Waals surface area contributed by atoms with Crippen LogP contribution in [0.1, 0.15) is 20.3 Å². The highest BCUT2D eigenvalue weighted by molar-refractivity contribution is 5.86. The first kappa shape index (κ1) is 18.1. The Morgan fingerprint density at radius 2 is 2.04 bits per heavy atom. The van der Waals surface area contributed by atoms with Gasteiger partial charge >= 0.3 is 0 Å². The van der Waals surface area contributed by atoms with E-state index in [9.17, 15) is 9.59 Å². The lowest BCUT2D eigenvalue weighted by Gasteiger charge is -2.23. The fourth-order valence-corrected chi connectivity index (χ4v) is 2.73. The van der Waals surface area contributed by atoms with Crippen molar-refractivity contribution < 1.29 is 19.1 Å². The van der Waals surface area contributed by atoms with E-state index in [2.05, 4.69) is 0 Å². The first-order valence-electron chi connectivity index (χ1n) is 8.09. The molecule has 0 N–H and O–H groups in total. The Hall–Kier alpha value is -2.24. The Bertz CT molecular complexity index is 600. The second kappa shape index (κ2) is 7.55. The molecular weight excluding hydrogens is 308 g/mol. The Morgan fingerprint density at radius 1 is 1.33 bits per heavy atom. The average molecular weight is 334 g/mol. The zero-order valence-corrected chi connectivity index (χ0v) is 14.9. The van der Waals surface area contributed by atoms with E-state index in [0.717, 1.165) is 5.75 Å². The number of nitrogens with zero attached hydrogens (tertiary/aromatic N) is 2. The van der Waals surface area contributed by atoms with Gasteiger partial charge in [0.25, 0.3) is 0 Å². The van der Waals surface area contributed by atoms with Crippen LogP contribution in [0.25, 0.3) is 0 Å². The van der Waals surface area contributed by atoms with Crippen molar-refractivity contribution in [3.05, 3.63) is 24.3 Å². The van der Waals surface area contributed by atoms with Gasteiger partial charge in [-0.2, -0.15) is 0 Å². The molecule has 0 atom stereocenters. The topological polar surface area (TPSA) is 59.1 Å². The average Bonchev–Trinajstić information content (AvgIpc) is 2.79. The van der Waals surface area contributed by atoms with Crippen LogP contribution >= 0.6 is 0 Å². The summed E-state index contributed by atoms with van der Waals surface area (Å²) in [5, 5.41) is 0. The summed E-state index contributed by atoms with van der Waals surface area (Å²) >= 11 is 0. The van der Waals surface area contributed by atoms with Crippen molar-refractivity contribution in [3.8, 4) is 11.5 Å². The summed E-state index contributed by atoms with van der Waals surface area (Å²) in [5.74, 6) is 1.41. The molecule has 0 radical (unpaired) electrons. The lowest BCUT2D eigenvalue weighted by atomic mass is 9.93. The normalized spacial score (nSPS) is 16.2. The van der Waals surface area contributed by atoms with Crippen molar-refractivity contribution in [2.45, 2.75) is 20.3 Å². The number of likely N-dealkylation sites (tertiary alicyclic amines) is 1. The number of hydrogen-bond acceptors (Lipinski definition) is 4. The highest BCUT2D eigenvalue weighted by atomic mass is 16.5. The molecule has 1 aromatic carbocycles. The molecule has 1 saturated heterocycles. The van der Waals surface area contributed by atoms with E-state index in [4.69, 9.17) is 9.47 Å². The third-order valence-electron chi connectivity index (χ3n) is 4.09. The van der Waals surface area contributed by atoms with Crippen LogP contribution in [0.15, 0.2) is 24.3 Å². The Morgan fingerprint density at radius 3 is 2.67 bits per heavy atom. The number of hydrogen-bond donors (Lipinski definition) is 0. The number of carbonyl (C=O) groups is 2. The van der Waals surface area contributed by atoms with Gasteiger partial charge in [-0.05, 0) is 17.5 Å². The van der Waals surface area contributed by atoms with Gasteiger partial charge in [0.15, 0.2) is 0 Å². The SMILES string of the molecule is COc1cccc(OCCN(C)C(=O)CN2CC(C)(C)CC2=O)c1. The molecule has 0 bridgehead atoms. The molecule has 1 fully saturated rings. The van der Waals surface area contributed by atoms with Gasteiger partial charge in [0.05, 0.1) is 20.2 Å². The molecule has 1 aliphatic rings. The second-order valence-electron chi connectivity index (χ2n) is 6.93. The highest BCUT2D eigenvalue weighted by Crippen LogP contribution is 2.29. The summed E-state index contributed by atoms with van der Waals surface area (Å²) in [6.07, 6.45) is 0.503. The Kier molecular flexibility index (Phi) is 5.70. The van der Waals surface area contributed by atoms with Crippen LogP contribution in [-0.2, 0) is 9.59 Å². The zero-order chi connectivity index (χ0) is 17.7. The molecule has 1 heterocycles. The monoisotopic (exact) mass is 334 g/mol. The van der Waals surface area contributed by atoms with Gasteiger partial charge in [0.1, 0.15) is 18.1 Å². The number of rotatable bonds is 7. The molecule has 0 aromatic heterocycles. The fraction of sp³-hybridized carbons (Fsp3) is 0.556. The summed E-state index contributed by atoms with van der Waals surface area (Å²) < 4.78 is 10.8. The summed E-state index contributed by atoms with van der Waals surface area (Å²) in [6, 6.07) is 7.34. The number of methoxy groups -OCH3 is 1. The minimum atomic E-state index is -0.0738. The van der Waals surface area contributed by atoms with E-state index in [0.29, 0.717) is 31.9 Å². The van der Waals surface area contributed by atoms with Crippen molar-refractivity contribution in [1.29, 1.82) is 0 Å². The van der Waals surface area contributed by atoms with Crippen LogP contribution < -0.4 is 9.47 Å². The first-order valence-corrected chi connectivity index (χ1v) is 8.09. The Labute approximate surface area is 143 Å². The largest absolute Gasteiger partial charge is 0.497 e. The van der Waals surface area contributed by atoms with Gasteiger partial charge in [-0.1, -0.05) is 19.9 Å². The maximum Gasteiger partial charge on any atom is 0.242 e. The van der Waals surface area contributed by atoms with Crippen LogP contribution in [0.5, 0.6) is 11.5 Å². The molecule has 1 aliphatic heterocycles. The maximum absolute atomic E-state index is 12.3. The first-order chi connectivity index (χ1) is 11.3. The summed E-state index contributed by atoms with van der Waals surface area (Å²) in [5.41, 5.74) is -0.0502. The van der Waals surface area contributed by atoms with Crippen molar-refractivity contribution in [1.82, 2.24) is 9.80 Å². The molecule has 6 heteroatoms. The minimum Gasteiger partial charge on any atom is -0.497 e. The van der Waals surface area contributed by atoms with Gasteiger partial charge in [0, 0.05) is 26.1 Å². The molecular formula is C18H26N2O4. The van der Waals surface area contributed by atoms with Crippen molar-refractivity contribution in [2.24, 2.45) is 5.41 Å². The zero-order valence-electron chi connectivity index (χ0n) is 14.9. The van der Waals surface area contributed by atoms with Gasteiger partial charge in [-0.25, -0.2) is 0 Å². The van der Waals surface area contributed by atoms with Gasteiger partial charge in [0.2, 0.25) is 11.8 Å². The van der Waals surface area contributed by atoms with Crippen LogP contribution in [0, 0.1) is 5.41 Å². The molecule has 2 rings (SSSR count). The smallest absolute Gasteiger partial charge is 0.242 e. The van der Waals surface area contributed by atoms with Crippen LogP contribution in [0.4, 0.5) is 0 Å². The number of amides is 2. The van der Waals surface area contributed by atoms with Gasteiger partial charge < -0.3 is 19.3 Å². The minimum absolute atomic E-state index is 0.0502. The van der Waals surface area contributed by atoms with Crippen molar-refractivity contribution in [2.75, 3.05) is 40.4 Å². The fourth-order valence-electron chi connectivity index (χ4n) is 2.73. The van der Waals surface area contributed by atoms with E-state index < -0.39 is 0 Å². The predicted octanol–water partition coefficient (Wildman–Crippen LogP) is 1.79. The third-order valence-corrected chi connectivity index (χ3v) is 4.09. The molecule has 0 saturated carbocycles. The summed E-state index contributed by atoms with van der Waals surface area (Å²) in [7, 11) is 3.33. The highest BCUT2D eigenvalue weighted by Gasteiger charge is 2.36. The van der Waals surface area contributed by atoms with Gasteiger partial charge in [-0.3, -0.25) is 9.59 Å². The molecule has 0 unspecified atom stereocenters. The lowest BCUT2D eigenvalue weighted by molar-refractivity contribution is -0.137. The molecule has 1 aromatic rings. The van der Waals surface area contributed by atoms with E-state index in [-0.39, 0.29) is 23.8 Å². The predicted molar refractivity (Wildman–Crippen MR) is 91.1 cm³/mol. The molecule has 6 nitrogen and oxygen atoms in total. The number of benzene rings is 1. The van der Waals surface area contributed by atoms with E-state index in [1.54, 1.807) is 30.0 Å². The second-order valence-corrected chi connectivity index (χ2v) is 6.93. The Balaban J connectivity index is 1.76. The molecule has 24 heavy (non-hydrogen) atoms. The third kappa shape index (κ3) is 4.88. The number of carbonyl (C=O) groups excluding carboxylic acids is 2. The molecule has 0 aliphatic carbocycles. The standard InChI is InChI=1S/C18H26N2O4/c1-18(2)11-16(21)20(13-18)12-17(22)19(3)8-9-24-15-7-5-6-14(10-15)23-4/h5-7,10H,8-9,11-13H2,1-4H3. The van der Waals surface area contributed by atoms with E-state index >= 15 is 0 Å². The lowest BCUT2D eigenvalue weighted by Crippen LogP contribution is -2.41. The molecule has 0 spiro atoms. The number of ether oxygens (including phenoxy) is 2. The van der Waals surface area contributed by atoms with Crippen LogP contribution in [-0.4, -0.2) is 62.0 Å². The van der Waals surface area contributed by atoms with Crippen LogP contribution in [0.3, 0.4) is 0 Å². The van der Waals surface area contributed by atoms with Crippen molar-refractivity contribution >= 4 is 11.8 Å².